The van der Waals surface area contributed by atoms with Crippen LogP contribution in [0.3, 0.4) is 0 Å². The SMILES string of the molecule is CN(C(=O)NN)c1ccc(C2CCCCC2)cc1. The van der Waals surface area contributed by atoms with E-state index in [-0.39, 0.29) is 6.03 Å². The summed E-state index contributed by atoms with van der Waals surface area (Å²) in [6, 6.07) is 7.93. The van der Waals surface area contributed by atoms with Crippen molar-refractivity contribution in [1.29, 1.82) is 0 Å². The number of carbonyl (C=O) groups is 1. The lowest BCUT2D eigenvalue weighted by Gasteiger charge is -2.23. The van der Waals surface area contributed by atoms with E-state index in [0.717, 1.165) is 5.69 Å². The first-order valence-corrected chi connectivity index (χ1v) is 6.56. The number of nitrogens with two attached hydrogens (primary N) is 1. The van der Waals surface area contributed by atoms with Crippen LogP contribution in [0.2, 0.25) is 0 Å². The van der Waals surface area contributed by atoms with Gasteiger partial charge in [0.25, 0.3) is 0 Å². The Morgan fingerprint density at radius 2 is 1.83 bits per heavy atom. The van der Waals surface area contributed by atoms with Crippen molar-refractivity contribution in [2.75, 3.05) is 11.9 Å². The molecule has 0 spiro atoms. The number of hydrogen-bond donors (Lipinski definition) is 2. The molecule has 2 rings (SSSR count). The second-order valence-electron chi connectivity index (χ2n) is 4.93. The minimum atomic E-state index is -0.305. The molecule has 1 aromatic rings. The smallest absolute Gasteiger partial charge is 0.296 e. The average molecular weight is 247 g/mol. The van der Waals surface area contributed by atoms with E-state index >= 15 is 0 Å². The van der Waals surface area contributed by atoms with Gasteiger partial charge < -0.3 is 0 Å². The van der Waals surface area contributed by atoms with Gasteiger partial charge >= 0.3 is 6.03 Å². The van der Waals surface area contributed by atoms with Crippen LogP contribution in [0.4, 0.5) is 10.5 Å². The summed E-state index contributed by atoms with van der Waals surface area (Å²) in [5, 5.41) is 0. The van der Waals surface area contributed by atoms with E-state index in [4.69, 9.17) is 5.84 Å². The van der Waals surface area contributed by atoms with E-state index in [1.165, 1.54) is 42.6 Å². The molecule has 0 radical (unpaired) electrons. The van der Waals surface area contributed by atoms with Crippen molar-refractivity contribution < 1.29 is 4.79 Å². The first-order chi connectivity index (χ1) is 8.72. The first-order valence-electron chi connectivity index (χ1n) is 6.56. The fourth-order valence-corrected chi connectivity index (χ4v) is 2.62. The summed E-state index contributed by atoms with van der Waals surface area (Å²) in [4.78, 5) is 12.9. The number of nitrogens with one attached hydrogen (secondary N) is 1. The molecule has 1 aromatic carbocycles. The van der Waals surface area contributed by atoms with Crippen LogP contribution in [0.5, 0.6) is 0 Å². The highest BCUT2D eigenvalue weighted by Crippen LogP contribution is 2.33. The fraction of sp³-hybridized carbons (Fsp3) is 0.500. The summed E-state index contributed by atoms with van der Waals surface area (Å²) in [6.45, 7) is 0. The molecule has 4 heteroatoms. The molecule has 1 aliphatic carbocycles. The quantitative estimate of drug-likeness (QED) is 0.479. The lowest BCUT2D eigenvalue weighted by molar-refractivity contribution is 0.247. The molecule has 3 N–H and O–H groups in total. The molecule has 1 saturated carbocycles. The van der Waals surface area contributed by atoms with Crippen LogP contribution in [-0.2, 0) is 0 Å². The lowest BCUT2D eigenvalue weighted by atomic mass is 9.84. The van der Waals surface area contributed by atoms with Gasteiger partial charge in [-0.15, -0.1) is 0 Å². The Morgan fingerprint density at radius 3 is 2.39 bits per heavy atom. The third-order valence-corrected chi connectivity index (χ3v) is 3.79. The maximum absolute atomic E-state index is 11.4. The van der Waals surface area contributed by atoms with Gasteiger partial charge in [0.2, 0.25) is 0 Å². The minimum Gasteiger partial charge on any atom is -0.296 e. The number of nitrogens with zero attached hydrogens (tertiary/aromatic N) is 1. The second kappa shape index (κ2) is 5.87. The number of hydrazine groups is 1. The van der Waals surface area contributed by atoms with Gasteiger partial charge in [-0.25, -0.2) is 10.6 Å². The standard InChI is InChI=1S/C14H21N3O/c1-17(14(18)16-15)13-9-7-12(8-10-13)11-5-3-2-4-6-11/h7-11H,2-6,15H2,1H3,(H,16,18). The second-order valence-corrected chi connectivity index (χ2v) is 4.93. The summed E-state index contributed by atoms with van der Waals surface area (Å²) in [5.41, 5.74) is 4.38. The number of amides is 2. The van der Waals surface area contributed by atoms with Gasteiger partial charge in [-0.3, -0.25) is 10.3 Å². The van der Waals surface area contributed by atoms with Crippen LogP contribution >= 0.6 is 0 Å². The zero-order valence-corrected chi connectivity index (χ0v) is 10.9. The Bertz CT molecular complexity index is 396. The van der Waals surface area contributed by atoms with Crippen LogP contribution in [0.25, 0.3) is 0 Å². The Morgan fingerprint density at radius 1 is 1.22 bits per heavy atom. The highest BCUT2D eigenvalue weighted by Gasteiger charge is 2.16. The molecule has 98 valence electrons. The van der Waals surface area contributed by atoms with Crippen molar-refractivity contribution in [3.8, 4) is 0 Å². The number of benzene rings is 1. The summed E-state index contributed by atoms with van der Waals surface area (Å²) in [5.74, 6) is 5.81. The molecule has 0 bridgehead atoms. The molecule has 0 heterocycles. The van der Waals surface area contributed by atoms with E-state index in [1.54, 1.807) is 7.05 Å². The van der Waals surface area contributed by atoms with Crippen LogP contribution in [-0.4, -0.2) is 13.1 Å². The number of anilines is 1. The van der Waals surface area contributed by atoms with Gasteiger partial charge in [-0.05, 0) is 36.5 Å². The normalized spacial score (nSPS) is 16.3. The molecule has 1 aliphatic rings. The zero-order valence-electron chi connectivity index (χ0n) is 10.9. The van der Waals surface area contributed by atoms with Gasteiger partial charge in [-0.2, -0.15) is 0 Å². The lowest BCUT2D eigenvalue weighted by Crippen LogP contribution is -2.41. The Kier molecular flexibility index (Phi) is 4.20. The van der Waals surface area contributed by atoms with Gasteiger partial charge in [0.05, 0.1) is 0 Å². The van der Waals surface area contributed by atoms with Crippen LogP contribution in [0.15, 0.2) is 24.3 Å². The summed E-state index contributed by atoms with van der Waals surface area (Å²) in [6.07, 6.45) is 6.62. The molecule has 2 amide bonds. The molecular formula is C14H21N3O. The largest absolute Gasteiger partial charge is 0.335 e. The summed E-state index contributed by atoms with van der Waals surface area (Å²) in [7, 11) is 1.71. The van der Waals surface area contributed by atoms with E-state index in [2.05, 4.69) is 17.6 Å². The van der Waals surface area contributed by atoms with Crippen LogP contribution in [0.1, 0.15) is 43.6 Å². The van der Waals surface area contributed by atoms with Crippen molar-refractivity contribution in [3.05, 3.63) is 29.8 Å². The third kappa shape index (κ3) is 2.82. The van der Waals surface area contributed by atoms with Crippen molar-refractivity contribution >= 4 is 11.7 Å². The summed E-state index contributed by atoms with van der Waals surface area (Å²) < 4.78 is 0. The molecule has 4 nitrogen and oxygen atoms in total. The monoisotopic (exact) mass is 247 g/mol. The average Bonchev–Trinajstić information content (AvgIpc) is 2.47. The Hall–Kier alpha value is -1.55. The highest BCUT2D eigenvalue weighted by atomic mass is 16.2. The number of rotatable bonds is 2. The first kappa shape index (κ1) is 12.9. The van der Waals surface area contributed by atoms with Gasteiger partial charge in [0, 0.05) is 12.7 Å². The predicted molar refractivity (Wildman–Crippen MR) is 73.4 cm³/mol. The molecule has 0 unspecified atom stereocenters. The molecule has 1 fully saturated rings. The topological polar surface area (TPSA) is 58.4 Å². The Balaban J connectivity index is 2.07. The maximum Gasteiger partial charge on any atom is 0.335 e. The van der Waals surface area contributed by atoms with Crippen molar-refractivity contribution in [2.45, 2.75) is 38.0 Å². The third-order valence-electron chi connectivity index (χ3n) is 3.79. The fourth-order valence-electron chi connectivity index (χ4n) is 2.62. The number of carbonyl (C=O) groups excluding carboxylic acids is 1. The van der Waals surface area contributed by atoms with Crippen LogP contribution < -0.4 is 16.2 Å². The molecule has 0 atom stereocenters. The van der Waals surface area contributed by atoms with E-state index in [9.17, 15) is 4.79 Å². The highest BCUT2D eigenvalue weighted by molar-refractivity contribution is 5.90. The Labute approximate surface area is 108 Å². The van der Waals surface area contributed by atoms with Gasteiger partial charge in [0.1, 0.15) is 0 Å². The van der Waals surface area contributed by atoms with E-state index in [0.29, 0.717) is 5.92 Å². The number of urea groups is 1. The van der Waals surface area contributed by atoms with E-state index < -0.39 is 0 Å². The molecule has 0 aliphatic heterocycles. The minimum absolute atomic E-state index is 0.305. The molecular weight excluding hydrogens is 226 g/mol. The van der Waals surface area contributed by atoms with Crippen LogP contribution in [0, 0.1) is 0 Å². The summed E-state index contributed by atoms with van der Waals surface area (Å²) >= 11 is 0. The van der Waals surface area contributed by atoms with Crippen molar-refractivity contribution in [3.63, 3.8) is 0 Å². The molecule has 0 saturated heterocycles. The predicted octanol–water partition coefficient (Wildman–Crippen LogP) is 2.75. The maximum atomic E-state index is 11.4. The van der Waals surface area contributed by atoms with Gasteiger partial charge in [0.15, 0.2) is 0 Å². The number of hydrogen-bond acceptors (Lipinski definition) is 2. The van der Waals surface area contributed by atoms with Crippen molar-refractivity contribution in [2.24, 2.45) is 5.84 Å². The van der Waals surface area contributed by atoms with E-state index in [1.807, 2.05) is 12.1 Å². The molecule has 0 aromatic heterocycles. The molecule has 18 heavy (non-hydrogen) atoms. The van der Waals surface area contributed by atoms with Gasteiger partial charge in [-0.1, -0.05) is 31.4 Å². The van der Waals surface area contributed by atoms with Crippen molar-refractivity contribution in [1.82, 2.24) is 5.43 Å². The zero-order chi connectivity index (χ0) is 13.0.